The Bertz CT molecular complexity index is 1060. The van der Waals surface area contributed by atoms with E-state index in [0.29, 0.717) is 6.61 Å². The van der Waals surface area contributed by atoms with E-state index in [1.807, 2.05) is 42.6 Å². The third kappa shape index (κ3) is 7.66. The molecule has 1 fully saturated rings. The summed E-state index contributed by atoms with van der Waals surface area (Å²) in [7, 11) is 0. The van der Waals surface area contributed by atoms with E-state index in [2.05, 4.69) is 40.3 Å². The summed E-state index contributed by atoms with van der Waals surface area (Å²) in [4.78, 5) is 19.2. The Labute approximate surface area is 209 Å². The summed E-state index contributed by atoms with van der Waals surface area (Å²) in [5.74, 6) is 0.894. The molecule has 1 aliphatic rings. The summed E-state index contributed by atoms with van der Waals surface area (Å²) >= 11 is 0. The van der Waals surface area contributed by atoms with Gasteiger partial charge in [0.1, 0.15) is 5.75 Å². The molecular formula is C30H37N3O2. The van der Waals surface area contributed by atoms with Crippen LogP contribution in [0.5, 0.6) is 5.75 Å². The van der Waals surface area contributed by atoms with E-state index in [9.17, 15) is 4.79 Å². The fourth-order valence-electron chi connectivity index (χ4n) is 4.64. The van der Waals surface area contributed by atoms with Gasteiger partial charge in [-0.25, -0.2) is 0 Å². The van der Waals surface area contributed by atoms with Crippen molar-refractivity contribution in [2.24, 2.45) is 0 Å². The number of likely N-dealkylation sites (tertiary alicyclic amines) is 1. The van der Waals surface area contributed by atoms with E-state index < -0.39 is 0 Å². The van der Waals surface area contributed by atoms with Gasteiger partial charge in [-0.3, -0.25) is 9.78 Å². The van der Waals surface area contributed by atoms with E-state index in [1.54, 1.807) is 6.20 Å². The van der Waals surface area contributed by atoms with Gasteiger partial charge >= 0.3 is 0 Å². The lowest BCUT2D eigenvalue weighted by molar-refractivity contribution is 0.0952. The summed E-state index contributed by atoms with van der Waals surface area (Å²) in [6.07, 6.45) is 10.5. The number of hydrogen-bond acceptors (Lipinski definition) is 4. The van der Waals surface area contributed by atoms with Crippen LogP contribution in [0.2, 0.25) is 0 Å². The lowest BCUT2D eigenvalue weighted by Gasteiger charge is -2.14. The summed E-state index contributed by atoms with van der Waals surface area (Å²) < 4.78 is 5.92. The number of aromatic nitrogens is 1. The van der Waals surface area contributed by atoms with Crippen molar-refractivity contribution in [3.63, 3.8) is 0 Å². The van der Waals surface area contributed by atoms with Crippen molar-refractivity contribution in [2.45, 2.75) is 45.4 Å². The zero-order chi connectivity index (χ0) is 24.3. The van der Waals surface area contributed by atoms with Crippen molar-refractivity contribution in [1.29, 1.82) is 0 Å². The van der Waals surface area contributed by atoms with Gasteiger partial charge in [0.05, 0.1) is 6.61 Å². The number of unbranched alkanes of at least 4 members (excludes halogenated alkanes) is 1. The van der Waals surface area contributed by atoms with Crippen molar-refractivity contribution >= 4 is 5.91 Å². The van der Waals surface area contributed by atoms with Crippen molar-refractivity contribution in [3.8, 4) is 16.9 Å². The quantitative estimate of drug-likeness (QED) is 0.346. The zero-order valence-corrected chi connectivity index (χ0v) is 20.8. The van der Waals surface area contributed by atoms with Crippen LogP contribution < -0.4 is 10.1 Å². The molecule has 184 valence electrons. The highest BCUT2D eigenvalue weighted by Crippen LogP contribution is 2.26. The Balaban J connectivity index is 1.21. The first-order valence-corrected chi connectivity index (χ1v) is 12.9. The van der Waals surface area contributed by atoms with Crippen LogP contribution >= 0.6 is 0 Å². The first kappa shape index (κ1) is 24.9. The van der Waals surface area contributed by atoms with Crippen molar-refractivity contribution in [3.05, 3.63) is 83.7 Å². The monoisotopic (exact) mass is 471 g/mol. The molecule has 1 aromatic heterocycles. The van der Waals surface area contributed by atoms with Crippen LogP contribution in [0.3, 0.4) is 0 Å². The maximum absolute atomic E-state index is 12.6. The Kier molecular flexibility index (Phi) is 9.30. The normalized spacial score (nSPS) is 13.6. The summed E-state index contributed by atoms with van der Waals surface area (Å²) in [5.41, 5.74) is 5.35. The minimum atomic E-state index is 0.00773. The molecule has 1 amide bonds. The predicted molar refractivity (Wildman–Crippen MR) is 142 cm³/mol. The number of amides is 1. The number of hydrogen-bond donors (Lipinski definition) is 1. The third-order valence-corrected chi connectivity index (χ3v) is 6.64. The van der Waals surface area contributed by atoms with E-state index >= 15 is 0 Å². The largest absolute Gasteiger partial charge is 0.494 e. The summed E-state index contributed by atoms with van der Waals surface area (Å²) in [5, 5.41) is 3.07. The van der Waals surface area contributed by atoms with Crippen LogP contribution in [0.1, 0.15) is 53.6 Å². The molecule has 0 aliphatic carbocycles. The maximum Gasteiger partial charge on any atom is 0.251 e. The number of rotatable bonds is 12. The molecule has 1 N–H and O–H groups in total. The lowest BCUT2D eigenvalue weighted by atomic mass is 9.98. The van der Waals surface area contributed by atoms with Gasteiger partial charge in [0.25, 0.3) is 5.91 Å². The number of pyridine rings is 1. The van der Waals surface area contributed by atoms with Gasteiger partial charge in [-0.2, -0.15) is 0 Å². The molecule has 5 nitrogen and oxygen atoms in total. The number of ether oxygens (including phenoxy) is 1. The Morgan fingerprint density at radius 1 is 1.03 bits per heavy atom. The van der Waals surface area contributed by atoms with Gasteiger partial charge in [0.2, 0.25) is 0 Å². The minimum Gasteiger partial charge on any atom is -0.494 e. The summed E-state index contributed by atoms with van der Waals surface area (Å²) in [6.45, 7) is 6.97. The number of nitrogens with one attached hydrogen (secondary N) is 1. The number of carbonyl (C=O) groups excluding carboxylic acids is 1. The predicted octanol–water partition coefficient (Wildman–Crippen LogP) is 5.67. The highest BCUT2D eigenvalue weighted by molar-refractivity contribution is 5.95. The average Bonchev–Trinajstić information content (AvgIpc) is 3.41. The van der Waals surface area contributed by atoms with E-state index in [1.165, 1.54) is 31.5 Å². The van der Waals surface area contributed by atoms with Crippen LogP contribution in [0.15, 0.2) is 67.0 Å². The smallest absolute Gasteiger partial charge is 0.251 e. The molecule has 0 bridgehead atoms. The Morgan fingerprint density at radius 3 is 2.60 bits per heavy atom. The molecule has 1 aliphatic heterocycles. The fourth-order valence-corrected chi connectivity index (χ4v) is 4.64. The topological polar surface area (TPSA) is 54.5 Å². The maximum atomic E-state index is 12.6. The van der Waals surface area contributed by atoms with Gasteiger partial charge in [-0.15, -0.1) is 0 Å². The van der Waals surface area contributed by atoms with Crippen molar-refractivity contribution < 1.29 is 9.53 Å². The first-order chi connectivity index (χ1) is 17.2. The highest BCUT2D eigenvalue weighted by Gasteiger charge is 2.12. The Hall–Kier alpha value is -3.18. The molecule has 3 aromatic rings. The number of nitrogens with zero attached hydrogens (tertiary/aromatic N) is 2. The van der Waals surface area contributed by atoms with Crippen LogP contribution in [0.25, 0.3) is 11.1 Å². The molecule has 2 heterocycles. The second-order valence-corrected chi connectivity index (χ2v) is 9.38. The van der Waals surface area contributed by atoms with Gasteiger partial charge < -0.3 is 15.0 Å². The number of carbonyl (C=O) groups is 1. The first-order valence-electron chi connectivity index (χ1n) is 12.9. The molecule has 0 saturated carbocycles. The standard InChI is InChI=1S/C30H37N3O2/c1-24-22-27(30(34)32-17-7-20-33-18-3-4-19-33)12-15-29(24)26-10-13-28(14-11-26)35-21-5-2-8-25-9-6-16-31-23-25/h6,9-16,22-23H,2-5,7-8,17-21H2,1H3,(H,32,34). The molecule has 0 unspecified atom stereocenters. The second kappa shape index (κ2) is 13.1. The lowest BCUT2D eigenvalue weighted by Crippen LogP contribution is -2.28. The van der Waals surface area contributed by atoms with Gasteiger partial charge in [0, 0.05) is 24.5 Å². The summed E-state index contributed by atoms with van der Waals surface area (Å²) in [6, 6.07) is 18.3. The van der Waals surface area contributed by atoms with Crippen LogP contribution in [0.4, 0.5) is 0 Å². The molecule has 35 heavy (non-hydrogen) atoms. The molecule has 0 atom stereocenters. The van der Waals surface area contributed by atoms with Gasteiger partial charge in [-0.05, 0) is 118 Å². The average molecular weight is 472 g/mol. The molecular weight excluding hydrogens is 434 g/mol. The third-order valence-electron chi connectivity index (χ3n) is 6.64. The van der Waals surface area contributed by atoms with Gasteiger partial charge in [-0.1, -0.05) is 24.3 Å². The van der Waals surface area contributed by atoms with E-state index in [0.717, 1.165) is 66.8 Å². The van der Waals surface area contributed by atoms with Crippen LogP contribution in [-0.2, 0) is 6.42 Å². The fraction of sp³-hybridized carbons (Fsp3) is 0.400. The Morgan fingerprint density at radius 2 is 1.86 bits per heavy atom. The molecule has 2 aromatic carbocycles. The minimum absolute atomic E-state index is 0.00773. The van der Waals surface area contributed by atoms with Gasteiger partial charge in [0.15, 0.2) is 0 Å². The molecule has 0 spiro atoms. The molecule has 5 heteroatoms. The highest BCUT2D eigenvalue weighted by atomic mass is 16.5. The second-order valence-electron chi connectivity index (χ2n) is 9.38. The number of benzene rings is 2. The van der Waals surface area contributed by atoms with Crippen molar-refractivity contribution in [1.82, 2.24) is 15.2 Å². The van der Waals surface area contributed by atoms with Crippen LogP contribution in [-0.4, -0.2) is 48.6 Å². The SMILES string of the molecule is Cc1cc(C(=O)NCCCN2CCCC2)ccc1-c1ccc(OCCCCc2cccnc2)cc1. The van der Waals surface area contributed by atoms with E-state index in [4.69, 9.17) is 4.74 Å². The molecule has 1 saturated heterocycles. The molecule has 4 rings (SSSR count). The molecule has 0 radical (unpaired) electrons. The number of aryl methyl sites for hydroxylation is 2. The van der Waals surface area contributed by atoms with Crippen molar-refractivity contribution in [2.75, 3.05) is 32.8 Å². The zero-order valence-electron chi connectivity index (χ0n) is 20.8. The van der Waals surface area contributed by atoms with E-state index in [-0.39, 0.29) is 5.91 Å². The van der Waals surface area contributed by atoms with Crippen LogP contribution in [0, 0.1) is 6.92 Å².